The Morgan fingerprint density at radius 2 is 1.61 bits per heavy atom. The van der Waals surface area contributed by atoms with Gasteiger partial charge in [0.15, 0.2) is 0 Å². The summed E-state index contributed by atoms with van der Waals surface area (Å²) < 4.78 is 0. The highest BCUT2D eigenvalue weighted by Crippen LogP contribution is 2.52. The minimum atomic E-state index is -0.184. The van der Waals surface area contributed by atoms with E-state index >= 15 is 0 Å². The van der Waals surface area contributed by atoms with E-state index < -0.39 is 0 Å². The van der Waals surface area contributed by atoms with Gasteiger partial charge in [0.1, 0.15) is 0 Å². The molecule has 3 fully saturated rings. The molecule has 1 saturated carbocycles. The number of hydrogen-bond donors (Lipinski definition) is 0. The summed E-state index contributed by atoms with van der Waals surface area (Å²) in [7, 11) is 0. The first-order valence-electron chi connectivity index (χ1n) is 10.2. The Hall–Kier alpha value is -2.32. The van der Waals surface area contributed by atoms with Gasteiger partial charge in [-0.15, -0.1) is 0 Å². The molecule has 2 amide bonds. The molecule has 0 spiro atoms. The van der Waals surface area contributed by atoms with Crippen molar-refractivity contribution in [2.75, 3.05) is 44.2 Å². The maximum atomic E-state index is 12.6. The molecule has 0 N–H and O–H groups in total. The van der Waals surface area contributed by atoms with Gasteiger partial charge in [0.05, 0.1) is 18.4 Å². The number of fused-ring (bicyclic) bond motifs is 5. The highest BCUT2D eigenvalue weighted by atomic mass is 16.7. The van der Waals surface area contributed by atoms with Crippen molar-refractivity contribution in [3.05, 3.63) is 30.6 Å². The third-order valence-electron chi connectivity index (χ3n) is 6.48. The van der Waals surface area contributed by atoms with E-state index in [-0.39, 0.29) is 35.5 Å². The molecule has 2 aliphatic carbocycles. The van der Waals surface area contributed by atoms with Crippen molar-refractivity contribution in [2.24, 2.45) is 23.7 Å². The van der Waals surface area contributed by atoms with Gasteiger partial charge in [-0.05, 0) is 30.7 Å². The van der Waals surface area contributed by atoms with Crippen LogP contribution in [0.15, 0.2) is 30.6 Å². The first-order chi connectivity index (χ1) is 13.7. The monoisotopic (exact) mass is 383 g/mol. The third-order valence-corrected chi connectivity index (χ3v) is 6.48. The second kappa shape index (κ2) is 7.25. The zero-order chi connectivity index (χ0) is 19.1. The smallest absolute Gasteiger partial charge is 0.258 e. The van der Waals surface area contributed by atoms with Crippen molar-refractivity contribution >= 4 is 17.8 Å². The van der Waals surface area contributed by atoms with Gasteiger partial charge in [0.2, 0.25) is 5.95 Å². The van der Waals surface area contributed by atoms with Gasteiger partial charge < -0.3 is 4.90 Å². The summed E-state index contributed by atoms with van der Waals surface area (Å²) in [6.07, 6.45) is 9.46. The SMILES string of the molecule is O=C1C2C(C(=O)N1OCCCN1CCN(c3ncccn3)CC1)[C@H]1C=C[C@@H]2C1. The standard InChI is InChI=1S/C20H25N5O3/c26-18-16-14-3-4-15(13-14)17(16)19(27)25(18)28-12-2-7-23-8-10-24(11-9-23)20-21-5-1-6-22-20/h1,3-6,14-17H,2,7-13H2/t14-,15+,16?,17?. The third kappa shape index (κ3) is 3.00. The lowest BCUT2D eigenvalue weighted by molar-refractivity contribution is -0.190. The van der Waals surface area contributed by atoms with E-state index in [9.17, 15) is 9.59 Å². The number of anilines is 1. The molecule has 2 unspecified atom stereocenters. The lowest BCUT2D eigenvalue weighted by atomic mass is 9.85. The van der Waals surface area contributed by atoms with Crippen LogP contribution in [0, 0.1) is 23.7 Å². The molecule has 148 valence electrons. The van der Waals surface area contributed by atoms with Gasteiger partial charge in [-0.3, -0.25) is 19.3 Å². The molecule has 8 heteroatoms. The average Bonchev–Trinajstić information content (AvgIpc) is 3.41. The largest absolute Gasteiger partial charge is 0.338 e. The average molecular weight is 383 g/mol. The summed E-state index contributed by atoms with van der Waals surface area (Å²) in [6.45, 7) is 4.96. The Morgan fingerprint density at radius 1 is 0.964 bits per heavy atom. The van der Waals surface area contributed by atoms with Gasteiger partial charge in [-0.1, -0.05) is 12.2 Å². The summed E-state index contributed by atoms with van der Waals surface area (Å²) in [4.78, 5) is 43.9. The molecular weight excluding hydrogens is 358 g/mol. The number of allylic oxidation sites excluding steroid dienone is 2. The molecule has 1 aromatic rings. The van der Waals surface area contributed by atoms with Crippen LogP contribution in [0.4, 0.5) is 5.95 Å². The molecule has 4 atom stereocenters. The highest BCUT2D eigenvalue weighted by Gasteiger charge is 2.60. The zero-order valence-electron chi connectivity index (χ0n) is 15.8. The Bertz CT molecular complexity index is 747. The number of piperazine rings is 1. The van der Waals surface area contributed by atoms with Crippen LogP contribution in [-0.2, 0) is 14.4 Å². The normalized spacial score (nSPS) is 31.9. The van der Waals surface area contributed by atoms with Crippen LogP contribution in [0.1, 0.15) is 12.8 Å². The van der Waals surface area contributed by atoms with Crippen LogP contribution in [0.2, 0.25) is 0 Å². The van der Waals surface area contributed by atoms with Crippen LogP contribution in [-0.4, -0.2) is 71.1 Å². The molecule has 5 rings (SSSR count). The maximum absolute atomic E-state index is 12.6. The van der Waals surface area contributed by atoms with E-state index in [1.165, 1.54) is 0 Å². The number of carbonyl (C=O) groups is 2. The fourth-order valence-corrected chi connectivity index (χ4v) is 5.07. The van der Waals surface area contributed by atoms with Gasteiger partial charge in [-0.2, -0.15) is 5.06 Å². The predicted molar refractivity (Wildman–Crippen MR) is 101 cm³/mol. The van der Waals surface area contributed by atoms with E-state index in [4.69, 9.17) is 4.84 Å². The molecule has 0 radical (unpaired) electrons. The molecular formula is C20H25N5O3. The van der Waals surface area contributed by atoms with Crippen molar-refractivity contribution in [2.45, 2.75) is 12.8 Å². The molecule has 2 aliphatic heterocycles. The number of hydrogen-bond acceptors (Lipinski definition) is 7. The summed E-state index contributed by atoms with van der Waals surface area (Å²) >= 11 is 0. The fraction of sp³-hybridized carbons (Fsp3) is 0.600. The van der Waals surface area contributed by atoms with Crippen molar-refractivity contribution in [1.29, 1.82) is 0 Å². The van der Waals surface area contributed by atoms with Gasteiger partial charge in [0, 0.05) is 45.1 Å². The number of hydroxylamine groups is 2. The molecule has 2 saturated heterocycles. The number of amides is 2. The summed E-state index contributed by atoms with van der Waals surface area (Å²) in [6, 6.07) is 1.82. The molecule has 2 bridgehead atoms. The van der Waals surface area contributed by atoms with Crippen LogP contribution in [0.25, 0.3) is 0 Å². The van der Waals surface area contributed by atoms with Crippen LogP contribution >= 0.6 is 0 Å². The van der Waals surface area contributed by atoms with Crippen molar-refractivity contribution in [3.63, 3.8) is 0 Å². The maximum Gasteiger partial charge on any atom is 0.258 e. The van der Waals surface area contributed by atoms with Crippen molar-refractivity contribution < 1.29 is 14.4 Å². The number of rotatable bonds is 6. The summed E-state index contributed by atoms with van der Waals surface area (Å²) in [5, 5.41) is 1.06. The van der Waals surface area contributed by atoms with Crippen LogP contribution < -0.4 is 4.90 Å². The lowest BCUT2D eigenvalue weighted by Crippen LogP contribution is -2.47. The van der Waals surface area contributed by atoms with E-state index in [0.29, 0.717) is 6.61 Å². The summed E-state index contributed by atoms with van der Waals surface area (Å²) in [5.74, 6) is 0.596. The number of carbonyl (C=O) groups excluding carboxylic acids is 2. The number of aromatic nitrogens is 2. The number of imide groups is 1. The van der Waals surface area contributed by atoms with E-state index in [0.717, 1.165) is 56.6 Å². The second-order valence-corrected chi connectivity index (χ2v) is 8.03. The van der Waals surface area contributed by atoms with Gasteiger partial charge in [-0.25, -0.2) is 9.97 Å². The van der Waals surface area contributed by atoms with E-state index in [1.54, 1.807) is 12.4 Å². The molecule has 8 nitrogen and oxygen atoms in total. The van der Waals surface area contributed by atoms with Crippen molar-refractivity contribution in [1.82, 2.24) is 19.9 Å². The fourth-order valence-electron chi connectivity index (χ4n) is 5.07. The zero-order valence-corrected chi connectivity index (χ0v) is 15.8. The number of nitrogens with zero attached hydrogens (tertiary/aromatic N) is 5. The first kappa shape index (κ1) is 17.8. The van der Waals surface area contributed by atoms with Crippen LogP contribution in [0.3, 0.4) is 0 Å². The van der Waals surface area contributed by atoms with Crippen molar-refractivity contribution in [3.8, 4) is 0 Å². The Kier molecular flexibility index (Phi) is 4.60. The van der Waals surface area contributed by atoms with Crippen LogP contribution in [0.5, 0.6) is 0 Å². The molecule has 4 aliphatic rings. The highest BCUT2D eigenvalue weighted by molar-refractivity contribution is 6.05. The predicted octanol–water partition coefficient (Wildman–Crippen LogP) is 0.727. The first-order valence-corrected chi connectivity index (χ1v) is 10.2. The molecule has 3 heterocycles. The van der Waals surface area contributed by atoms with Gasteiger partial charge >= 0.3 is 0 Å². The minimum absolute atomic E-state index is 0.136. The Labute approximate surface area is 164 Å². The van der Waals surface area contributed by atoms with E-state index in [1.807, 2.05) is 6.07 Å². The Balaban J connectivity index is 1.05. The lowest BCUT2D eigenvalue weighted by Gasteiger charge is -2.34. The minimum Gasteiger partial charge on any atom is -0.338 e. The summed E-state index contributed by atoms with van der Waals surface area (Å²) in [5.41, 5.74) is 0. The molecule has 1 aromatic heterocycles. The molecule has 0 aromatic carbocycles. The van der Waals surface area contributed by atoms with E-state index in [2.05, 4.69) is 31.9 Å². The molecule has 28 heavy (non-hydrogen) atoms. The Morgan fingerprint density at radius 3 is 2.25 bits per heavy atom. The topological polar surface area (TPSA) is 78.9 Å². The van der Waals surface area contributed by atoms with Gasteiger partial charge in [0.25, 0.3) is 11.8 Å². The quantitative estimate of drug-likeness (QED) is 0.407. The second-order valence-electron chi connectivity index (χ2n) is 8.03.